The van der Waals surface area contributed by atoms with Crippen molar-refractivity contribution in [3.63, 3.8) is 0 Å². The van der Waals surface area contributed by atoms with Gasteiger partial charge in [0.25, 0.3) is 0 Å². The highest BCUT2D eigenvalue weighted by molar-refractivity contribution is 5.97. The maximum Gasteiger partial charge on any atom is 0.123 e. The van der Waals surface area contributed by atoms with Crippen molar-refractivity contribution in [1.29, 1.82) is 0 Å². The zero-order chi connectivity index (χ0) is 13.9. The third-order valence-corrected chi connectivity index (χ3v) is 4.20. The Bertz CT molecular complexity index is 597. The van der Waals surface area contributed by atoms with E-state index in [4.69, 9.17) is 0 Å². The van der Waals surface area contributed by atoms with Gasteiger partial charge >= 0.3 is 0 Å². The lowest BCUT2D eigenvalue weighted by Crippen LogP contribution is -2.35. The second-order valence-electron chi connectivity index (χ2n) is 5.83. The number of benzene rings is 2. The summed E-state index contributed by atoms with van der Waals surface area (Å²) >= 11 is 0. The Morgan fingerprint density at radius 3 is 2.85 bits per heavy atom. The number of piperidine rings is 1. The molecule has 2 N–H and O–H groups in total. The first-order valence-corrected chi connectivity index (χ1v) is 7.37. The predicted molar refractivity (Wildman–Crippen MR) is 84.3 cm³/mol. The lowest BCUT2D eigenvalue weighted by Gasteiger charge is -2.30. The van der Waals surface area contributed by atoms with E-state index in [1.54, 1.807) is 6.07 Å². The summed E-state index contributed by atoms with van der Waals surface area (Å²) in [7, 11) is 2.20. The molecule has 0 spiro atoms. The highest BCUT2D eigenvalue weighted by atomic mass is 16.3. The van der Waals surface area contributed by atoms with Crippen LogP contribution in [0, 0.1) is 5.92 Å². The number of nitrogens with zero attached hydrogens (tertiary/aromatic N) is 1. The Kier molecular flexibility index (Phi) is 3.79. The van der Waals surface area contributed by atoms with Crippen LogP contribution in [0.1, 0.15) is 12.8 Å². The predicted octanol–water partition coefficient (Wildman–Crippen LogP) is 3.30. The molecule has 1 aliphatic rings. The smallest absolute Gasteiger partial charge is 0.123 e. The molecule has 1 aliphatic heterocycles. The topological polar surface area (TPSA) is 35.5 Å². The molecule has 1 saturated heterocycles. The van der Waals surface area contributed by atoms with E-state index in [0.29, 0.717) is 11.7 Å². The Hall–Kier alpha value is -1.74. The molecule has 0 amide bonds. The fraction of sp³-hybridized carbons (Fsp3) is 0.412. The van der Waals surface area contributed by atoms with Crippen molar-refractivity contribution in [2.24, 2.45) is 5.92 Å². The molecule has 0 bridgehead atoms. The summed E-state index contributed by atoms with van der Waals surface area (Å²) in [5.74, 6) is 1.06. The van der Waals surface area contributed by atoms with Gasteiger partial charge in [0.1, 0.15) is 5.75 Å². The van der Waals surface area contributed by atoms with Crippen LogP contribution >= 0.6 is 0 Å². The lowest BCUT2D eigenvalue weighted by molar-refractivity contribution is 0.217. The SMILES string of the molecule is CN1CCCC(CNc2cccc3c(O)cccc23)C1. The van der Waals surface area contributed by atoms with E-state index in [9.17, 15) is 5.11 Å². The molecule has 0 saturated carbocycles. The summed E-state index contributed by atoms with van der Waals surface area (Å²) in [6.07, 6.45) is 2.59. The lowest BCUT2D eigenvalue weighted by atomic mass is 9.98. The van der Waals surface area contributed by atoms with E-state index in [-0.39, 0.29) is 0 Å². The van der Waals surface area contributed by atoms with Crippen LogP contribution in [0.5, 0.6) is 5.75 Å². The van der Waals surface area contributed by atoms with Crippen molar-refractivity contribution in [1.82, 2.24) is 4.90 Å². The Balaban J connectivity index is 1.76. The standard InChI is InChI=1S/C17H22N2O/c1-19-10-4-5-13(12-19)11-18-16-8-2-7-15-14(16)6-3-9-17(15)20/h2-3,6-9,13,18,20H,4-5,10-12H2,1H3. The second kappa shape index (κ2) is 5.71. The molecule has 3 heteroatoms. The van der Waals surface area contributed by atoms with Gasteiger partial charge in [-0.15, -0.1) is 0 Å². The summed E-state index contributed by atoms with van der Waals surface area (Å²) in [5.41, 5.74) is 1.12. The van der Waals surface area contributed by atoms with Crippen LogP contribution in [0.2, 0.25) is 0 Å². The first-order chi connectivity index (χ1) is 9.74. The van der Waals surface area contributed by atoms with Gasteiger partial charge in [0.2, 0.25) is 0 Å². The number of likely N-dealkylation sites (tertiary alicyclic amines) is 1. The van der Waals surface area contributed by atoms with Gasteiger partial charge in [0.05, 0.1) is 0 Å². The Labute approximate surface area is 120 Å². The minimum atomic E-state index is 0.351. The van der Waals surface area contributed by atoms with Crippen LogP contribution in [0.4, 0.5) is 5.69 Å². The second-order valence-corrected chi connectivity index (χ2v) is 5.83. The number of hydrogen-bond acceptors (Lipinski definition) is 3. The van der Waals surface area contributed by atoms with Crippen LogP contribution in [0.15, 0.2) is 36.4 Å². The normalized spacial score (nSPS) is 20.1. The van der Waals surface area contributed by atoms with Crippen molar-refractivity contribution < 1.29 is 5.11 Å². The Morgan fingerprint density at radius 1 is 1.20 bits per heavy atom. The molecule has 3 nitrogen and oxygen atoms in total. The Morgan fingerprint density at radius 2 is 2.00 bits per heavy atom. The van der Waals surface area contributed by atoms with Gasteiger partial charge in [0, 0.05) is 29.5 Å². The van der Waals surface area contributed by atoms with Gasteiger partial charge in [0.15, 0.2) is 0 Å². The van der Waals surface area contributed by atoms with Crippen LogP contribution in [0.25, 0.3) is 10.8 Å². The third kappa shape index (κ3) is 2.73. The van der Waals surface area contributed by atoms with Crippen LogP contribution in [-0.2, 0) is 0 Å². The molecular formula is C17H22N2O. The first-order valence-electron chi connectivity index (χ1n) is 7.37. The minimum Gasteiger partial charge on any atom is -0.507 e. The van der Waals surface area contributed by atoms with Gasteiger partial charge in [-0.2, -0.15) is 0 Å². The van der Waals surface area contributed by atoms with Crippen LogP contribution in [0.3, 0.4) is 0 Å². The molecule has 1 fully saturated rings. The van der Waals surface area contributed by atoms with E-state index >= 15 is 0 Å². The van der Waals surface area contributed by atoms with Crippen LogP contribution in [-0.4, -0.2) is 36.7 Å². The zero-order valence-corrected chi connectivity index (χ0v) is 12.0. The molecule has 106 valence electrons. The van der Waals surface area contributed by atoms with Crippen LogP contribution < -0.4 is 5.32 Å². The molecule has 3 rings (SSSR count). The van der Waals surface area contributed by atoms with Gasteiger partial charge in [-0.3, -0.25) is 0 Å². The maximum absolute atomic E-state index is 9.91. The fourth-order valence-electron chi connectivity index (χ4n) is 3.14. The van der Waals surface area contributed by atoms with Gasteiger partial charge in [-0.05, 0) is 44.5 Å². The van der Waals surface area contributed by atoms with Gasteiger partial charge in [-0.1, -0.05) is 24.3 Å². The summed E-state index contributed by atoms with van der Waals surface area (Å²) in [6.45, 7) is 3.39. The number of aromatic hydroxyl groups is 1. The highest BCUT2D eigenvalue weighted by Crippen LogP contribution is 2.30. The summed E-state index contributed by atoms with van der Waals surface area (Å²) in [4.78, 5) is 2.41. The average Bonchev–Trinajstić information content (AvgIpc) is 2.46. The van der Waals surface area contributed by atoms with Gasteiger partial charge in [-0.25, -0.2) is 0 Å². The number of hydrogen-bond donors (Lipinski definition) is 2. The summed E-state index contributed by atoms with van der Waals surface area (Å²) < 4.78 is 0. The zero-order valence-electron chi connectivity index (χ0n) is 12.0. The summed E-state index contributed by atoms with van der Waals surface area (Å²) in [6, 6.07) is 11.7. The minimum absolute atomic E-state index is 0.351. The van der Waals surface area contributed by atoms with E-state index in [1.807, 2.05) is 18.2 Å². The number of phenolic OH excluding ortho intramolecular Hbond substituents is 1. The molecule has 0 aliphatic carbocycles. The maximum atomic E-state index is 9.91. The molecule has 2 aromatic rings. The average molecular weight is 270 g/mol. The molecule has 1 unspecified atom stereocenters. The quantitative estimate of drug-likeness (QED) is 0.898. The van der Waals surface area contributed by atoms with E-state index < -0.39 is 0 Å². The molecule has 0 aromatic heterocycles. The van der Waals surface area contributed by atoms with Crippen molar-refractivity contribution in [2.45, 2.75) is 12.8 Å². The number of rotatable bonds is 3. The van der Waals surface area contributed by atoms with E-state index in [2.05, 4.69) is 29.4 Å². The van der Waals surface area contributed by atoms with Crippen molar-refractivity contribution in [3.8, 4) is 5.75 Å². The summed E-state index contributed by atoms with van der Waals surface area (Å²) in [5, 5.41) is 15.5. The number of phenols is 1. The molecule has 20 heavy (non-hydrogen) atoms. The molecule has 1 atom stereocenters. The number of fused-ring (bicyclic) bond motifs is 1. The fourth-order valence-corrected chi connectivity index (χ4v) is 3.14. The van der Waals surface area contributed by atoms with E-state index in [1.165, 1.54) is 25.9 Å². The van der Waals surface area contributed by atoms with E-state index in [0.717, 1.165) is 23.0 Å². The number of anilines is 1. The van der Waals surface area contributed by atoms with Crippen molar-refractivity contribution in [2.75, 3.05) is 32.0 Å². The first kappa shape index (κ1) is 13.3. The molecule has 1 heterocycles. The number of nitrogens with one attached hydrogen (secondary N) is 1. The molecular weight excluding hydrogens is 248 g/mol. The largest absolute Gasteiger partial charge is 0.507 e. The molecule has 0 radical (unpaired) electrons. The van der Waals surface area contributed by atoms with Crippen molar-refractivity contribution in [3.05, 3.63) is 36.4 Å². The van der Waals surface area contributed by atoms with Crippen molar-refractivity contribution >= 4 is 16.5 Å². The molecule has 2 aromatic carbocycles. The highest BCUT2D eigenvalue weighted by Gasteiger charge is 2.17. The monoisotopic (exact) mass is 270 g/mol. The van der Waals surface area contributed by atoms with Gasteiger partial charge < -0.3 is 15.3 Å². The third-order valence-electron chi connectivity index (χ3n) is 4.20.